The quantitative estimate of drug-likeness (QED) is 0.656. The molecular weight excluding hydrogens is 301 g/mol. The number of halogens is 4. The molecule has 1 amide bonds. The average molecular weight is 311 g/mol. The highest BCUT2D eigenvalue weighted by atomic mass is 35.5. The zero-order chi connectivity index (χ0) is 15.3. The van der Waals surface area contributed by atoms with E-state index in [-0.39, 0.29) is 16.3 Å². The van der Waals surface area contributed by atoms with Crippen LogP contribution in [0.25, 0.3) is 0 Å². The molecule has 20 heavy (non-hydrogen) atoms. The zero-order valence-corrected chi connectivity index (χ0v) is 10.7. The summed E-state index contributed by atoms with van der Waals surface area (Å²) in [4.78, 5) is 22.6. The number of hydrogen-bond acceptors (Lipinski definition) is 4. The van der Waals surface area contributed by atoms with Crippen molar-refractivity contribution in [1.29, 1.82) is 0 Å². The maximum absolute atomic E-state index is 11.8. The highest BCUT2D eigenvalue weighted by Gasteiger charge is 2.27. The Kier molecular flexibility index (Phi) is 5.20. The molecule has 0 heterocycles. The molecule has 0 spiro atoms. The normalized spacial score (nSPS) is 11.0. The molecule has 1 aromatic rings. The second-order valence-corrected chi connectivity index (χ2v) is 4.11. The molecule has 0 bridgehead atoms. The van der Waals surface area contributed by atoms with E-state index >= 15 is 0 Å². The third kappa shape index (κ3) is 5.35. The number of alkyl halides is 3. The number of benzene rings is 1. The lowest BCUT2D eigenvalue weighted by atomic mass is 10.2. The van der Waals surface area contributed by atoms with Gasteiger partial charge >= 0.3 is 12.1 Å². The van der Waals surface area contributed by atoms with E-state index in [1.807, 2.05) is 0 Å². The predicted octanol–water partition coefficient (Wildman–Crippen LogP) is 1.76. The Hall–Kier alpha value is -1.96. The van der Waals surface area contributed by atoms with Crippen LogP contribution in [0.4, 0.5) is 18.9 Å². The number of anilines is 1. The number of rotatable bonds is 4. The van der Waals surface area contributed by atoms with Crippen LogP contribution in [-0.4, -0.2) is 31.2 Å². The monoisotopic (exact) mass is 310 g/mol. The Balaban J connectivity index is 2.51. The molecule has 1 rings (SSSR count). The van der Waals surface area contributed by atoms with E-state index in [1.54, 1.807) is 5.32 Å². The van der Waals surface area contributed by atoms with E-state index in [9.17, 15) is 22.8 Å². The van der Waals surface area contributed by atoms with Gasteiger partial charge in [0.25, 0.3) is 5.91 Å². The second kappa shape index (κ2) is 6.47. The third-order valence-corrected chi connectivity index (χ3v) is 2.36. The van der Waals surface area contributed by atoms with Crippen LogP contribution in [0.15, 0.2) is 18.2 Å². The third-order valence-electron chi connectivity index (χ3n) is 2.03. The standard InChI is InChI=1S/C11H10ClF3N2O3/c12-8-2-1-6(16)3-7(8)10(19)20-4-9(18)17-5-11(13,14)15/h1-3H,4-5,16H2,(H,17,18). The minimum atomic E-state index is -4.53. The van der Waals surface area contributed by atoms with Crippen molar-refractivity contribution >= 4 is 29.2 Å². The molecule has 1 aromatic carbocycles. The van der Waals surface area contributed by atoms with Gasteiger partial charge in [-0.1, -0.05) is 11.6 Å². The van der Waals surface area contributed by atoms with Crippen LogP contribution >= 0.6 is 11.6 Å². The summed E-state index contributed by atoms with van der Waals surface area (Å²) in [6, 6.07) is 4.05. The van der Waals surface area contributed by atoms with Crippen LogP contribution in [0.1, 0.15) is 10.4 Å². The van der Waals surface area contributed by atoms with E-state index in [0.29, 0.717) is 0 Å². The lowest BCUT2D eigenvalue weighted by Gasteiger charge is -2.09. The van der Waals surface area contributed by atoms with Crippen LogP contribution in [0, 0.1) is 0 Å². The van der Waals surface area contributed by atoms with Crippen LogP contribution in [-0.2, 0) is 9.53 Å². The molecule has 0 aliphatic rings. The molecule has 9 heteroatoms. The van der Waals surface area contributed by atoms with Gasteiger partial charge in [0.05, 0.1) is 10.6 Å². The first-order valence-corrected chi connectivity index (χ1v) is 5.62. The first-order chi connectivity index (χ1) is 9.19. The van der Waals surface area contributed by atoms with Gasteiger partial charge in [0.15, 0.2) is 6.61 Å². The highest BCUT2D eigenvalue weighted by Crippen LogP contribution is 2.19. The van der Waals surface area contributed by atoms with Crippen molar-refractivity contribution < 1.29 is 27.5 Å². The molecule has 0 aliphatic heterocycles. The van der Waals surface area contributed by atoms with E-state index in [0.717, 1.165) is 0 Å². The van der Waals surface area contributed by atoms with Crippen molar-refractivity contribution in [3.8, 4) is 0 Å². The first-order valence-electron chi connectivity index (χ1n) is 5.24. The summed E-state index contributed by atoms with van der Waals surface area (Å²) in [7, 11) is 0. The first kappa shape index (κ1) is 16.1. The molecule has 3 N–H and O–H groups in total. The Labute approximate surface area is 116 Å². The van der Waals surface area contributed by atoms with E-state index < -0.39 is 31.2 Å². The molecular formula is C11H10ClF3N2O3. The van der Waals surface area contributed by atoms with Crippen molar-refractivity contribution in [2.45, 2.75) is 6.18 Å². The smallest absolute Gasteiger partial charge is 0.405 e. The van der Waals surface area contributed by atoms with Crippen LogP contribution in [0.3, 0.4) is 0 Å². The number of amides is 1. The number of nitrogen functional groups attached to an aromatic ring is 1. The SMILES string of the molecule is Nc1ccc(Cl)c(C(=O)OCC(=O)NCC(F)(F)F)c1. The van der Waals surface area contributed by atoms with Crippen LogP contribution in [0.2, 0.25) is 5.02 Å². The number of carbonyl (C=O) groups is 2. The second-order valence-electron chi connectivity index (χ2n) is 3.71. The molecule has 0 radical (unpaired) electrons. The Morgan fingerprint density at radius 2 is 2.00 bits per heavy atom. The molecule has 110 valence electrons. The number of ether oxygens (including phenoxy) is 1. The highest BCUT2D eigenvalue weighted by molar-refractivity contribution is 6.33. The fraction of sp³-hybridized carbons (Fsp3) is 0.273. The molecule has 0 aromatic heterocycles. The summed E-state index contributed by atoms with van der Waals surface area (Å²) in [6.45, 7) is -2.34. The van der Waals surface area contributed by atoms with E-state index in [4.69, 9.17) is 17.3 Å². The van der Waals surface area contributed by atoms with Gasteiger partial charge in [0.1, 0.15) is 6.54 Å². The van der Waals surface area contributed by atoms with Crippen molar-refractivity contribution in [3.63, 3.8) is 0 Å². The van der Waals surface area contributed by atoms with Gasteiger partial charge in [-0.25, -0.2) is 4.79 Å². The number of nitrogens with two attached hydrogens (primary N) is 1. The topological polar surface area (TPSA) is 81.4 Å². The maximum Gasteiger partial charge on any atom is 0.405 e. The van der Waals surface area contributed by atoms with Crippen molar-refractivity contribution in [2.75, 3.05) is 18.9 Å². The number of carbonyl (C=O) groups excluding carboxylic acids is 2. The molecule has 0 aliphatic carbocycles. The van der Waals surface area contributed by atoms with Gasteiger partial charge in [-0.05, 0) is 18.2 Å². The summed E-state index contributed by atoms with van der Waals surface area (Å²) in [6.07, 6.45) is -4.53. The Bertz CT molecular complexity index is 520. The van der Waals surface area contributed by atoms with Gasteiger partial charge in [-0.3, -0.25) is 4.79 Å². The Morgan fingerprint density at radius 3 is 2.60 bits per heavy atom. The lowest BCUT2D eigenvalue weighted by molar-refractivity contribution is -0.140. The zero-order valence-electron chi connectivity index (χ0n) is 9.96. The van der Waals surface area contributed by atoms with Gasteiger partial charge in [0.2, 0.25) is 0 Å². The Morgan fingerprint density at radius 1 is 1.35 bits per heavy atom. The van der Waals surface area contributed by atoms with Gasteiger partial charge in [0, 0.05) is 5.69 Å². The van der Waals surface area contributed by atoms with Crippen LogP contribution in [0.5, 0.6) is 0 Å². The molecule has 0 atom stereocenters. The summed E-state index contributed by atoms with van der Waals surface area (Å²) in [5.74, 6) is -2.03. The van der Waals surface area contributed by atoms with Crippen molar-refractivity contribution in [1.82, 2.24) is 5.32 Å². The summed E-state index contributed by atoms with van der Waals surface area (Å²) in [5, 5.41) is 1.61. The van der Waals surface area contributed by atoms with Crippen molar-refractivity contribution in [2.24, 2.45) is 0 Å². The van der Waals surface area contributed by atoms with E-state index in [2.05, 4.69) is 4.74 Å². The summed E-state index contributed by atoms with van der Waals surface area (Å²) < 4.78 is 40.0. The number of esters is 1. The summed E-state index contributed by atoms with van der Waals surface area (Å²) >= 11 is 5.72. The lowest BCUT2D eigenvalue weighted by Crippen LogP contribution is -2.36. The fourth-order valence-corrected chi connectivity index (χ4v) is 1.35. The average Bonchev–Trinajstić information content (AvgIpc) is 2.35. The number of nitrogens with one attached hydrogen (secondary N) is 1. The van der Waals surface area contributed by atoms with Gasteiger partial charge in [-0.2, -0.15) is 13.2 Å². The molecule has 5 nitrogen and oxygen atoms in total. The molecule has 0 unspecified atom stereocenters. The van der Waals surface area contributed by atoms with Crippen molar-refractivity contribution in [3.05, 3.63) is 28.8 Å². The van der Waals surface area contributed by atoms with Crippen LogP contribution < -0.4 is 11.1 Å². The van der Waals surface area contributed by atoms with Gasteiger partial charge < -0.3 is 15.8 Å². The molecule has 0 fully saturated rings. The molecule has 0 saturated heterocycles. The minimum Gasteiger partial charge on any atom is -0.452 e. The van der Waals surface area contributed by atoms with Gasteiger partial charge in [-0.15, -0.1) is 0 Å². The van der Waals surface area contributed by atoms with E-state index in [1.165, 1.54) is 18.2 Å². The minimum absolute atomic E-state index is 0.0555. The predicted molar refractivity (Wildman–Crippen MR) is 65.2 cm³/mol. The molecule has 0 saturated carbocycles. The largest absolute Gasteiger partial charge is 0.452 e. The fourth-order valence-electron chi connectivity index (χ4n) is 1.16. The summed E-state index contributed by atoms with van der Waals surface area (Å²) in [5.41, 5.74) is 5.62. The maximum atomic E-state index is 11.8. The number of hydrogen-bond donors (Lipinski definition) is 2.